The maximum atomic E-state index is 12.3. The minimum Gasteiger partial charge on any atom is -0.481 e. The minimum absolute atomic E-state index is 0.0451. The van der Waals surface area contributed by atoms with E-state index in [1.54, 1.807) is 26.0 Å². The maximum Gasteiger partial charge on any atom is 0.305 e. The van der Waals surface area contributed by atoms with Gasteiger partial charge in [0.05, 0.1) is 17.7 Å². The van der Waals surface area contributed by atoms with Crippen molar-refractivity contribution < 1.29 is 23.1 Å². The predicted octanol–water partition coefficient (Wildman–Crippen LogP) is 1.53. The summed E-state index contributed by atoms with van der Waals surface area (Å²) in [7, 11) is -3.52. The third-order valence-corrected chi connectivity index (χ3v) is 5.71. The number of aliphatic carboxylic acids is 1. The summed E-state index contributed by atoms with van der Waals surface area (Å²) in [6, 6.07) is 6.04. The lowest BCUT2D eigenvalue weighted by Gasteiger charge is -2.33. The zero-order valence-corrected chi connectivity index (χ0v) is 15.8. The van der Waals surface area contributed by atoms with Crippen LogP contribution in [0.15, 0.2) is 29.2 Å². The SMILES string of the molecule is CCNS(=O)(=O)c1ccc(CC(=O)NC(C)(CC(=O)O)C(C)C)cc1. The first-order chi connectivity index (χ1) is 11.5. The molecule has 1 aromatic rings. The van der Waals surface area contributed by atoms with Gasteiger partial charge in [0.1, 0.15) is 0 Å². The van der Waals surface area contributed by atoms with Crippen LogP contribution in [0.1, 0.15) is 39.7 Å². The Hall–Kier alpha value is -1.93. The van der Waals surface area contributed by atoms with Crippen molar-refractivity contribution >= 4 is 21.9 Å². The highest BCUT2D eigenvalue weighted by Crippen LogP contribution is 2.21. The third kappa shape index (κ3) is 6.13. The number of hydrogen-bond donors (Lipinski definition) is 3. The van der Waals surface area contributed by atoms with Crippen LogP contribution < -0.4 is 10.0 Å². The highest BCUT2D eigenvalue weighted by Gasteiger charge is 2.32. The lowest BCUT2D eigenvalue weighted by molar-refractivity contribution is -0.139. The largest absolute Gasteiger partial charge is 0.481 e. The third-order valence-electron chi connectivity index (χ3n) is 4.15. The fourth-order valence-corrected chi connectivity index (χ4v) is 3.36. The minimum atomic E-state index is -3.52. The molecule has 8 heteroatoms. The molecule has 1 aromatic carbocycles. The number of rotatable bonds is 9. The van der Waals surface area contributed by atoms with E-state index in [1.807, 2.05) is 13.8 Å². The van der Waals surface area contributed by atoms with Gasteiger partial charge in [-0.25, -0.2) is 13.1 Å². The molecule has 0 radical (unpaired) electrons. The van der Waals surface area contributed by atoms with Gasteiger partial charge < -0.3 is 10.4 Å². The van der Waals surface area contributed by atoms with E-state index in [0.29, 0.717) is 12.1 Å². The molecular weight excluding hydrogens is 344 g/mol. The monoisotopic (exact) mass is 370 g/mol. The second kappa shape index (κ2) is 8.44. The van der Waals surface area contributed by atoms with E-state index >= 15 is 0 Å². The van der Waals surface area contributed by atoms with E-state index in [4.69, 9.17) is 5.11 Å². The van der Waals surface area contributed by atoms with Gasteiger partial charge in [-0.1, -0.05) is 32.9 Å². The Labute approximate surface area is 148 Å². The van der Waals surface area contributed by atoms with Crippen LogP contribution in [0.5, 0.6) is 0 Å². The highest BCUT2D eigenvalue weighted by molar-refractivity contribution is 7.89. The summed E-state index contributed by atoms with van der Waals surface area (Å²) in [6.45, 7) is 7.39. The van der Waals surface area contributed by atoms with Crippen LogP contribution in [-0.4, -0.2) is 37.5 Å². The van der Waals surface area contributed by atoms with Crippen LogP contribution in [0.25, 0.3) is 0 Å². The highest BCUT2D eigenvalue weighted by atomic mass is 32.2. The first-order valence-electron chi connectivity index (χ1n) is 8.11. The van der Waals surface area contributed by atoms with Crippen molar-refractivity contribution in [3.05, 3.63) is 29.8 Å². The van der Waals surface area contributed by atoms with Crippen LogP contribution in [-0.2, 0) is 26.0 Å². The van der Waals surface area contributed by atoms with Gasteiger partial charge in [0.15, 0.2) is 0 Å². The molecule has 0 spiro atoms. The van der Waals surface area contributed by atoms with Gasteiger partial charge in [-0.2, -0.15) is 0 Å². The van der Waals surface area contributed by atoms with E-state index in [-0.39, 0.29) is 29.6 Å². The van der Waals surface area contributed by atoms with E-state index in [1.165, 1.54) is 12.1 Å². The smallest absolute Gasteiger partial charge is 0.305 e. The first-order valence-corrected chi connectivity index (χ1v) is 9.60. The van der Waals surface area contributed by atoms with Crippen molar-refractivity contribution in [3.8, 4) is 0 Å². The van der Waals surface area contributed by atoms with Crippen LogP contribution >= 0.6 is 0 Å². The number of nitrogens with one attached hydrogen (secondary N) is 2. The molecule has 0 aromatic heterocycles. The fourth-order valence-electron chi connectivity index (χ4n) is 2.31. The molecular formula is C17H26N2O5S. The van der Waals surface area contributed by atoms with Crippen LogP contribution in [0.4, 0.5) is 0 Å². The summed E-state index contributed by atoms with van der Waals surface area (Å²) in [5.41, 5.74) is -0.202. The summed E-state index contributed by atoms with van der Waals surface area (Å²) in [5, 5.41) is 11.8. The molecule has 0 fully saturated rings. The number of amides is 1. The summed E-state index contributed by atoms with van der Waals surface area (Å²) in [5.74, 6) is -1.34. The lowest BCUT2D eigenvalue weighted by atomic mass is 9.85. The van der Waals surface area contributed by atoms with E-state index in [0.717, 1.165) is 0 Å². The Morgan fingerprint density at radius 3 is 2.20 bits per heavy atom. The molecule has 1 atom stereocenters. The van der Waals surface area contributed by atoms with E-state index in [2.05, 4.69) is 10.0 Å². The number of hydrogen-bond acceptors (Lipinski definition) is 4. The summed E-state index contributed by atoms with van der Waals surface area (Å²) in [4.78, 5) is 23.4. The number of carboxylic acid groups (broad SMARTS) is 1. The summed E-state index contributed by atoms with van der Waals surface area (Å²) >= 11 is 0. The standard InChI is InChI=1S/C17H26N2O5S/c1-5-18-25(23,24)14-8-6-13(7-9-14)10-15(20)19-17(4,12(2)3)11-16(21)22/h6-9,12,18H,5,10-11H2,1-4H3,(H,19,20)(H,21,22). The number of benzene rings is 1. The molecule has 1 unspecified atom stereocenters. The number of carboxylic acids is 1. The molecule has 1 rings (SSSR count). The average molecular weight is 370 g/mol. The molecule has 140 valence electrons. The molecule has 0 bridgehead atoms. The van der Waals surface area contributed by atoms with Crippen LogP contribution in [0, 0.1) is 5.92 Å². The number of sulfonamides is 1. The first kappa shape index (κ1) is 21.1. The average Bonchev–Trinajstić information content (AvgIpc) is 2.46. The summed E-state index contributed by atoms with van der Waals surface area (Å²) in [6.07, 6.45) is -0.125. The van der Waals surface area contributed by atoms with Gasteiger partial charge in [-0.3, -0.25) is 9.59 Å². The Bertz CT molecular complexity index is 713. The molecule has 0 aliphatic heterocycles. The van der Waals surface area contributed by atoms with Crippen molar-refractivity contribution in [2.24, 2.45) is 5.92 Å². The Kier molecular flexibility index (Phi) is 7.13. The second-order valence-electron chi connectivity index (χ2n) is 6.51. The van der Waals surface area contributed by atoms with Crippen molar-refractivity contribution in [1.29, 1.82) is 0 Å². The molecule has 1 amide bonds. The normalized spacial score (nSPS) is 14.1. The van der Waals surface area contributed by atoms with Crippen LogP contribution in [0.2, 0.25) is 0 Å². The zero-order valence-electron chi connectivity index (χ0n) is 15.0. The second-order valence-corrected chi connectivity index (χ2v) is 8.28. The molecule has 0 heterocycles. The molecule has 0 aliphatic rings. The van der Waals surface area contributed by atoms with Gasteiger partial charge in [0.2, 0.25) is 15.9 Å². The quantitative estimate of drug-likeness (QED) is 0.610. The molecule has 0 aliphatic carbocycles. The number of carbonyl (C=O) groups excluding carboxylic acids is 1. The molecule has 3 N–H and O–H groups in total. The van der Waals surface area contributed by atoms with Gasteiger partial charge in [0.25, 0.3) is 0 Å². The summed E-state index contributed by atoms with van der Waals surface area (Å²) < 4.78 is 26.2. The van der Waals surface area contributed by atoms with Crippen molar-refractivity contribution in [2.75, 3.05) is 6.54 Å². The van der Waals surface area contributed by atoms with Crippen molar-refractivity contribution in [3.63, 3.8) is 0 Å². The van der Waals surface area contributed by atoms with E-state index in [9.17, 15) is 18.0 Å². The fraction of sp³-hybridized carbons (Fsp3) is 0.529. The van der Waals surface area contributed by atoms with Gasteiger partial charge in [-0.05, 0) is 30.5 Å². The molecule has 0 saturated heterocycles. The number of carbonyl (C=O) groups is 2. The maximum absolute atomic E-state index is 12.3. The molecule has 7 nitrogen and oxygen atoms in total. The van der Waals surface area contributed by atoms with Gasteiger partial charge in [-0.15, -0.1) is 0 Å². The van der Waals surface area contributed by atoms with Gasteiger partial charge >= 0.3 is 5.97 Å². The lowest BCUT2D eigenvalue weighted by Crippen LogP contribution is -2.51. The Morgan fingerprint density at radius 1 is 1.20 bits per heavy atom. The van der Waals surface area contributed by atoms with Gasteiger partial charge in [0, 0.05) is 12.1 Å². The topological polar surface area (TPSA) is 113 Å². The zero-order chi connectivity index (χ0) is 19.3. The Balaban J connectivity index is 2.82. The van der Waals surface area contributed by atoms with E-state index < -0.39 is 21.5 Å². The predicted molar refractivity (Wildman–Crippen MR) is 94.6 cm³/mol. The Morgan fingerprint density at radius 2 is 1.76 bits per heavy atom. The van der Waals surface area contributed by atoms with Crippen molar-refractivity contribution in [2.45, 2.75) is 51.0 Å². The molecule has 0 saturated carbocycles. The van der Waals surface area contributed by atoms with Crippen molar-refractivity contribution in [1.82, 2.24) is 10.0 Å². The molecule has 25 heavy (non-hydrogen) atoms. The van der Waals surface area contributed by atoms with Crippen LogP contribution in [0.3, 0.4) is 0 Å².